The van der Waals surface area contributed by atoms with E-state index in [4.69, 9.17) is 16.3 Å². The minimum Gasteiger partial charge on any atom is -0.496 e. The van der Waals surface area contributed by atoms with Crippen LogP contribution in [0.3, 0.4) is 0 Å². The van der Waals surface area contributed by atoms with Crippen molar-refractivity contribution < 1.29 is 4.74 Å². The van der Waals surface area contributed by atoms with Crippen molar-refractivity contribution in [3.63, 3.8) is 0 Å². The molecule has 142 valence electrons. The van der Waals surface area contributed by atoms with Crippen molar-refractivity contribution >= 4 is 39.7 Å². The molecule has 4 rings (SSSR count). The quantitative estimate of drug-likeness (QED) is 0.515. The molecule has 8 heteroatoms. The van der Waals surface area contributed by atoms with Gasteiger partial charge in [0.1, 0.15) is 5.75 Å². The molecule has 2 heterocycles. The molecule has 0 radical (unpaired) electrons. The number of halogens is 1. The van der Waals surface area contributed by atoms with E-state index < -0.39 is 0 Å². The van der Waals surface area contributed by atoms with E-state index in [1.165, 1.54) is 15.9 Å². The molecule has 6 nitrogen and oxygen atoms in total. The van der Waals surface area contributed by atoms with Gasteiger partial charge in [-0.3, -0.25) is 4.79 Å². The first kappa shape index (κ1) is 18.5. The first-order valence-electron chi connectivity index (χ1n) is 8.49. The second kappa shape index (κ2) is 7.26. The van der Waals surface area contributed by atoms with Crippen molar-refractivity contribution in [2.45, 2.75) is 0 Å². The maximum Gasteiger partial charge on any atom is 0.291 e. The highest BCUT2D eigenvalue weighted by atomic mass is 35.5. The lowest BCUT2D eigenvalue weighted by molar-refractivity contribution is 0.416. The number of anilines is 1. The minimum absolute atomic E-state index is 0.198. The summed E-state index contributed by atoms with van der Waals surface area (Å²) in [5.74, 6) is 1.01. The average molecular weight is 413 g/mol. The molecule has 0 saturated carbocycles. The van der Waals surface area contributed by atoms with Crippen molar-refractivity contribution in [3.05, 3.63) is 67.9 Å². The number of hydrogen-bond donors (Lipinski definition) is 0. The summed E-state index contributed by atoms with van der Waals surface area (Å²) in [4.78, 5) is 19.8. The smallest absolute Gasteiger partial charge is 0.291 e. The van der Waals surface area contributed by atoms with E-state index in [2.05, 4.69) is 10.1 Å². The van der Waals surface area contributed by atoms with Crippen molar-refractivity contribution in [2.75, 3.05) is 26.1 Å². The molecule has 2 aromatic heterocycles. The molecule has 0 aliphatic heterocycles. The second-order valence-corrected chi connectivity index (χ2v) is 7.82. The van der Waals surface area contributed by atoms with Crippen LogP contribution in [-0.4, -0.2) is 35.8 Å². The van der Waals surface area contributed by atoms with Crippen LogP contribution in [0.4, 0.5) is 5.69 Å². The van der Waals surface area contributed by atoms with E-state index >= 15 is 0 Å². The van der Waals surface area contributed by atoms with E-state index in [1.54, 1.807) is 25.3 Å². The molecule has 28 heavy (non-hydrogen) atoms. The number of fused-ring (bicyclic) bond motifs is 1. The molecule has 0 aliphatic rings. The van der Waals surface area contributed by atoms with Crippen molar-refractivity contribution in [3.8, 4) is 17.1 Å². The molecule has 0 saturated heterocycles. The summed E-state index contributed by atoms with van der Waals surface area (Å²) >= 11 is 7.39. The number of thiazole rings is 1. The Morgan fingerprint density at radius 3 is 2.57 bits per heavy atom. The van der Waals surface area contributed by atoms with Crippen LogP contribution in [-0.2, 0) is 0 Å². The highest BCUT2D eigenvalue weighted by Crippen LogP contribution is 2.30. The molecular weight excluding hydrogens is 396 g/mol. The Bertz CT molecular complexity index is 1260. The van der Waals surface area contributed by atoms with Gasteiger partial charge in [0.2, 0.25) is 4.96 Å². The Morgan fingerprint density at radius 1 is 1.18 bits per heavy atom. The van der Waals surface area contributed by atoms with Gasteiger partial charge in [0, 0.05) is 24.8 Å². The molecule has 4 aromatic rings. The zero-order chi connectivity index (χ0) is 19.8. The molecule has 0 spiro atoms. The molecule has 0 fully saturated rings. The first-order valence-corrected chi connectivity index (χ1v) is 9.68. The van der Waals surface area contributed by atoms with Gasteiger partial charge >= 0.3 is 0 Å². The van der Waals surface area contributed by atoms with Gasteiger partial charge in [0.25, 0.3) is 5.56 Å². The number of rotatable bonds is 4. The van der Waals surface area contributed by atoms with Gasteiger partial charge in [0.05, 0.1) is 17.2 Å². The maximum atomic E-state index is 12.7. The zero-order valence-electron chi connectivity index (χ0n) is 15.5. The van der Waals surface area contributed by atoms with Gasteiger partial charge in [-0.15, -0.1) is 5.10 Å². The van der Waals surface area contributed by atoms with Crippen LogP contribution in [0.2, 0.25) is 5.02 Å². The molecule has 0 amide bonds. The van der Waals surface area contributed by atoms with Gasteiger partial charge in [-0.2, -0.15) is 9.50 Å². The summed E-state index contributed by atoms with van der Waals surface area (Å²) in [6, 6.07) is 13.2. The number of benzene rings is 2. The van der Waals surface area contributed by atoms with Crippen molar-refractivity contribution in [1.82, 2.24) is 14.6 Å². The summed E-state index contributed by atoms with van der Waals surface area (Å²) < 4.78 is 7.25. The molecule has 0 aliphatic carbocycles. The van der Waals surface area contributed by atoms with Crippen LogP contribution in [0, 0.1) is 0 Å². The molecular formula is C20H17ClN4O2S. The fourth-order valence-electron chi connectivity index (χ4n) is 2.82. The lowest BCUT2D eigenvalue weighted by atomic mass is 10.2. The fraction of sp³-hybridized carbons (Fsp3) is 0.150. The van der Waals surface area contributed by atoms with Gasteiger partial charge in [-0.05, 0) is 42.0 Å². The molecule has 0 bridgehead atoms. The monoisotopic (exact) mass is 412 g/mol. The molecule has 0 N–H and O–H groups in total. The highest BCUT2D eigenvalue weighted by Gasteiger charge is 2.15. The van der Waals surface area contributed by atoms with Crippen LogP contribution in [0.25, 0.3) is 22.4 Å². The van der Waals surface area contributed by atoms with Crippen LogP contribution in [0.15, 0.2) is 47.3 Å². The third-order valence-corrected chi connectivity index (χ3v) is 5.49. The third-order valence-electron chi connectivity index (χ3n) is 4.29. The Balaban J connectivity index is 1.77. The van der Waals surface area contributed by atoms with Gasteiger partial charge in [0.15, 0.2) is 5.82 Å². The maximum absolute atomic E-state index is 12.7. The van der Waals surface area contributed by atoms with E-state index in [1.807, 2.05) is 49.3 Å². The van der Waals surface area contributed by atoms with E-state index in [0.717, 1.165) is 11.3 Å². The third kappa shape index (κ3) is 3.34. The van der Waals surface area contributed by atoms with Gasteiger partial charge < -0.3 is 9.64 Å². The first-order chi connectivity index (χ1) is 13.5. The largest absolute Gasteiger partial charge is 0.496 e. The summed E-state index contributed by atoms with van der Waals surface area (Å²) in [5, 5.41) is 4.92. The molecule has 0 unspecified atom stereocenters. The predicted molar refractivity (Wildman–Crippen MR) is 114 cm³/mol. The van der Waals surface area contributed by atoms with Gasteiger partial charge in [-0.1, -0.05) is 35.1 Å². The summed E-state index contributed by atoms with van der Waals surface area (Å²) in [6.45, 7) is 0. The fourth-order valence-corrected chi connectivity index (χ4v) is 3.90. The van der Waals surface area contributed by atoms with Crippen molar-refractivity contribution in [2.24, 2.45) is 0 Å². The standard InChI is InChI=1S/C20H17ClN4O2S/c1-24(2)14-7-4-12(5-8-14)10-17-19(26)25-20(28-17)22-18(23-25)15-11-13(21)6-9-16(15)27-3/h4-11H,1-3H3/b17-10-. The van der Waals surface area contributed by atoms with E-state index in [0.29, 0.717) is 31.7 Å². The Hall–Kier alpha value is -2.90. The highest BCUT2D eigenvalue weighted by molar-refractivity contribution is 7.15. The molecule has 0 atom stereocenters. The lowest BCUT2D eigenvalue weighted by Crippen LogP contribution is -2.23. The second-order valence-electron chi connectivity index (χ2n) is 6.38. The van der Waals surface area contributed by atoms with E-state index in [-0.39, 0.29) is 5.56 Å². The normalized spacial score (nSPS) is 11.9. The number of methoxy groups -OCH3 is 1. The number of ether oxygens (including phenoxy) is 1. The van der Waals surface area contributed by atoms with Crippen LogP contribution >= 0.6 is 22.9 Å². The van der Waals surface area contributed by atoms with Crippen LogP contribution in [0.1, 0.15) is 5.56 Å². The van der Waals surface area contributed by atoms with Gasteiger partial charge in [-0.25, -0.2) is 0 Å². The topological polar surface area (TPSA) is 59.7 Å². The summed E-state index contributed by atoms with van der Waals surface area (Å²) in [7, 11) is 5.54. The van der Waals surface area contributed by atoms with Crippen molar-refractivity contribution in [1.29, 1.82) is 0 Å². The Morgan fingerprint density at radius 2 is 1.93 bits per heavy atom. The molecule has 2 aromatic carbocycles. The number of aromatic nitrogens is 3. The Labute approximate surface area is 170 Å². The summed E-state index contributed by atoms with van der Waals surface area (Å²) in [6.07, 6.45) is 1.85. The predicted octanol–water partition coefficient (Wildman–Crippen LogP) is 3.09. The SMILES string of the molecule is COc1ccc(Cl)cc1-c1nc2s/c(=C\c3ccc(N(C)C)cc3)c(=O)n2n1. The van der Waals surface area contributed by atoms with Crippen LogP contribution < -0.4 is 19.7 Å². The minimum atomic E-state index is -0.198. The Kier molecular flexibility index (Phi) is 4.78. The average Bonchev–Trinajstić information content (AvgIpc) is 3.22. The van der Waals surface area contributed by atoms with E-state index in [9.17, 15) is 4.79 Å². The number of hydrogen-bond acceptors (Lipinski definition) is 6. The summed E-state index contributed by atoms with van der Waals surface area (Å²) in [5.41, 5.74) is 2.50. The number of nitrogens with zero attached hydrogens (tertiary/aromatic N) is 4. The zero-order valence-corrected chi connectivity index (χ0v) is 17.1. The van der Waals surface area contributed by atoms with Crippen LogP contribution in [0.5, 0.6) is 5.75 Å². The lowest BCUT2D eigenvalue weighted by Gasteiger charge is -2.11.